The zero-order valence-electron chi connectivity index (χ0n) is 19.9. The summed E-state index contributed by atoms with van der Waals surface area (Å²) in [4.78, 5) is 20.6. The smallest absolute Gasteiger partial charge is 0.268 e. The number of carbonyl (C=O) groups is 1. The normalized spacial score (nSPS) is 17.1. The summed E-state index contributed by atoms with van der Waals surface area (Å²) in [7, 11) is 0. The Morgan fingerprint density at radius 1 is 1.19 bits per heavy atom. The first-order chi connectivity index (χ1) is 17.4. The number of rotatable bonds is 5. The highest BCUT2D eigenvalue weighted by Gasteiger charge is 2.35. The highest BCUT2D eigenvalue weighted by atomic mass is 32.2. The zero-order valence-corrected chi connectivity index (χ0v) is 20.7. The molecule has 2 aliphatic rings. The number of hydrogen-bond donors (Lipinski definition) is 0. The van der Waals surface area contributed by atoms with Gasteiger partial charge in [-0.1, -0.05) is 12.1 Å². The number of ether oxygens (including phenoxy) is 1. The first-order valence-electron chi connectivity index (χ1n) is 11.9. The molecule has 2 aromatic heterocycles. The molecular formula is C28H23FN4O2S. The summed E-state index contributed by atoms with van der Waals surface area (Å²) in [5, 5.41) is 10.0. The van der Waals surface area contributed by atoms with E-state index in [1.807, 2.05) is 41.3 Å². The number of nitriles is 1. The van der Waals surface area contributed by atoms with Crippen molar-refractivity contribution in [1.82, 2.24) is 9.38 Å². The molecule has 0 saturated heterocycles. The van der Waals surface area contributed by atoms with Gasteiger partial charge < -0.3 is 9.14 Å². The molecule has 1 atom stereocenters. The summed E-state index contributed by atoms with van der Waals surface area (Å²) in [6.07, 6.45) is 3.34. The zero-order chi connectivity index (χ0) is 25.0. The standard InChI is InChI=1S/C28H23FN4O2S/c1-16-25(32-14-18(13-30)6-9-26(32)31-16)15-33-24-12-20(11-23(29)27(24)35-17(2)28(33)34)19-4-3-5-22(10-19)36-21-7-8-21/h3-6,9-12,14,17,21H,7-8,15H2,1-2H3/t17-/m1/s1. The summed E-state index contributed by atoms with van der Waals surface area (Å²) < 4.78 is 22.9. The van der Waals surface area contributed by atoms with E-state index < -0.39 is 11.9 Å². The molecule has 1 aliphatic carbocycles. The summed E-state index contributed by atoms with van der Waals surface area (Å²) >= 11 is 1.85. The second-order valence-electron chi connectivity index (χ2n) is 9.24. The minimum Gasteiger partial charge on any atom is -0.476 e. The third kappa shape index (κ3) is 3.99. The number of hydrogen-bond acceptors (Lipinski definition) is 5. The van der Waals surface area contributed by atoms with Crippen LogP contribution in [0.4, 0.5) is 10.1 Å². The molecule has 1 amide bonds. The Bertz CT molecular complexity index is 1570. The van der Waals surface area contributed by atoms with Crippen molar-refractivity contribution < 1.29 is 13.9 Å². The van der Waals surface area contributed by atoms with Crippen molar-refractivity contribution in [1.29, 1.82) is 5.26 Å². The number of thioether (sulfide) groups is 1. The van der Waals surface area contributed by atoms with Crippen LogP contribution in [-0.2, 0) is 11.3 Å². The second kappa shape index (κ2) is 8.68. The van der Waals surface area contributed by atoms with Crippen LogP contribution >= 0.6 is 11.8 Å². The lowest BCUT2D eigenvalue weighted by atomic mass is 10.0. The van der Waals surface area contributed by atoms with Gasteiger partial charge >= 0.3 is 0 Å². The second-order valence-corrected chi connectivity index (χ2v) is 10.6. The molecule has 2 aromatic carbocycles. The Balaban J connectivity index is 1.44. The highest BCUT2D eigenvalue weighted by molar-refractivity contribution is 8.00. The largest absolute Gasteiger partial charge is 0.476 e. The van der Waals surface area contributed by atoms with E-state index in [1.54, 1.807) is 30.2 Å². The summed E-state index contributed by atoms with van der Waals surface area (Å²) in [6.45, 7) is 3.66. The van der Waals surface area contributed by atoms with Gasteiger partial charge in [-0.05, 0) is 74.2 Å². The van der Waals surface area contributed by atoms with Gasteiger partial charge in [-0.25, -0.2) is 9.37 Å². The van der Waals surface area contributed by atoms with E-state index in [4.69, 9.17) is 4.74 Å². The summed E-state index contributed by atoms with van der Waals surface area (Å²) in [5.74, 6) is -0.699. The van der Waals surface area contributed by atoms with Crippen molar-refractivity contribution in [3.05, 3.63) is 77.5 Å². The summed E-state index contributed by atoms with van der Waals surface area (Å²) in [5.41, 5.74) is 4.62. The van der Waals surface area contributed by atoms with E-state index in [-0.39, 0.29) is 18.2 Å². The lowest BCUT2D eigenvalue weighted by Crippen LogP contribution is -2.44. The first-order valence-corrected chi connectivity index (χ1v) is 12.8. The lowest BCUT2D eigenvalue weighted by Gasteiger charge is -2.33. The molecule has 36 heavy (non-hydrogen) atoms. The number of imidazole rings is 1. The van der Waals surface area contributed by atoms with E-state index in [2.05, 4.69) is 23.2 Å². The van der Waals surface area contributed by atoms with Crippen LogP contribution in [0.15, 0.2) is 59.6 Å². The van der Waals surface area contributed by atoms with E-state index in [9.17, 15) is 10.1 Å². The molecule has 0 bridgehead atoms. The molecule has 1 fully saturated rings. The van der Waals surface area contributed by atoms with Gasteiger partial charge in [0.25, 0.3) is 5.91 Å². The Hall–Kier alpha value is -3.83. The fourth-order valence-electron chi connectivity index (χ4n) is 4.54. The lowest BCUT2D eigenvalue weighted by molar-refractivity contribution is -0.125. The van der Waals surface area contributed by atoms with Gasteiger partial charge in [0.2, 0.25) is 0 Å². The predicted molar refractivity (Wildman–Crippen MR) is 137 cm³/mol. The Morgan fingerprint density at radius 2 is 2.03 bits per heavy atom. The fourth-order valence-corrected chi connectivity index (χ4v) is 5.64. The molecule has 6 rings (SSSR count). The third-order valence-corrected chi connectivity index (χ3v) is 7.90. The fraction of sp³-hybridized carbons (Fsp3) is 0.250. The maximum atomic E-state index is 15.4. The van der Waals surface area contributed by atoms with Crippen molar-refractivity contribution in [2.75, 3.05) is 4.90 Å². The van der Waals surface area contributed by atoms with Crippen LogP contribution in [0.3, 0.4) is 0 Å². The van der Waals surface area contributed by atoms with E-state index in [1.165, 1.54) is 18.9 Å². The number of aryl methyl sites for hydroxylation is 1. The minimum atomic E-state index is -0.828. The van der Waals surface area contributed by atoms with Crippen LogP contribution in [0.25, 0.3) is 16.8 Å². The number of anilines is 1. The molecule has 180 valence electrons. The molecule has 8 heteroatoms. The number of pyridine rings is 1. The van der Waals surface area contributed by atoms with E-state index >= 15 is 4.39 Å². The maximum Gasteiger partial charge on any atom is 0.268 e. The van der Waals surface area contributed by atoms with E-state index in [0.29, 0.717) is 27.7 Å². The molecule has 0 spiro atoms. The van der Waals surface area contributed by atoms with Crippen LogP contribution in [-0.4, -0.2) is 26.6 Å². The topological polar surface area (TPSA) is 70.6 Å². The maximum absolute atomic E-state index is 15.4. The summed E-state index contributed by atoms with van der Waals surface area (Å²) in [6, 6.07) is 17.0. The molecule has 0 radical (unpaired) electrons. The molecule has 1 aliphatic heterocycles. The van der Waals surface area contributed by atoms with Gasteiger partial charge in [0.15, 0.2) is 17.7 Å². The molecule has 6 nitrogen and oxygen atoms in total. The monoisotopic (exact) mass is 498 g/mol. The van der Waals surface area contributed by atoms with Gasteiger partial charge in [0, 0.05) is 16.3 Å². The van der Waals surface area contributed by atoms with Crippen molar-refractivity contribution in [3.63, 3.8) is 0 Å². The Labute approximate surface area is 212 Å². The van der Waals surface area contributed by atoms with Gasteiger partial charge in [-0.15, -0.1) is 11.8 Å². The number of amides is 1. The van der Waals surface area contributed by atoms with Crippen LogP contribution in [0.2, 0.25) is 0 Å². The number of benzene rings is 2. The predicted octanol–water partition coefficient (Wildman–Crippen LogP) is 5.89. The van der Waals surface area contributed by atoms with Crippen LogP contribution < -0.4 is 9.64 Å². The highest BCUT2D eigenvalue weighted by Crippen LogP contribution is 2.43. The Morgan fingerprint density at radius 3 is 2.81 bits per heavy atom. The average Bonchev–Trinajstić information content (AvgIpc) is 3.63. The molecule has 4 aromatic rings. The molecular weight excluding hydrogens is 475 g/mol. The minimum absolute atomic E-state index is 0.0681. The average molecular weight is 499 g/mol. The molecule has 3 heterocycles. The molecule has 1 saturated carbocycles. The van der Waals surface area contributed by atoms with Gasteiger partial charge in [0.05, 0.1) is 29.2 Å². The van der Waals surface area contributed by atoms with Crippen molar-refractivity contribution in [2.45, 2.75) is 49.5 Å². The van der Waals surface area contributed by atoms with Crippen LogP contribution in [0, 0.1) is 24.1 Å². The number of carbonyl (C=O) groups excluding carboxylic acids is 1. The molecule has 0 unspecified atom stereocenters. The number of nitrogens with zero attached hydrogens (tertiary/aromatic N) is 4. The number of halogens is 1. The third-order valence-electron chi connectivity index (χ3n) is 6.57. The van der Waals surface area contributed by atoms with Gasteiger partial charge in [0.1, 0.15) is 11.7 Å². The van der Waals surface area contributed by atoms with Crippen molar-refractivity contribution >= 4 is 29.0 Å². The van der Waals surface area contributed by atoms with Gasteiger partial charge in [-0.2, -0.15) is 5.26 Å². The van der Waals surface area contributed by atoms with E-state index in [0.717, 1.165) is 21.8 Å². The quantitative estimate of drug-likeness (QED) is 0.343. The van der Waals surface area contributed by atoms with Crippen molar-refractivity contribution in [3.8, 4) is 22.9 Å². The number of fused-ring (bicyclic) bond motifs is 2. The van der Waals surface area contributed by atoms with Gasteiger partial charge in [-0.3, -0.25) is 9.69 Å². The number of aromatic nitrogens is 2. The first kappa shape index (κ1) is 22.6. The van der Waals surface area contributed by atoms with Crippen LogP contribution in [0.5, 0.6) is 5.75 Å². The van der Waals surface area contributed by atoms with Crippen LogP contribution in [0.1, 0.15) is 36.7 Å². The van der Waals surface area contributed by atoms with Crippen molar-refractivity contribution in [2.24, 2.45) is 0 Å². The SMILES string of the molecule is Cc1nc2ccc(C#N)cn2c1CN1C(=O)[C@@H](C)Oc2c(F)cc(-c3cccc(SC4CC4)c3)cc21. The Kier molecular flexibility index (Phi) is 5.45. The molecule has 0 N–H and O–H groups in total.